The summed E-state index contributed by atoms with van der Waals surface area (Å²) in [4.78, 5) is 25.7. The second kappa shape index (κ2) is 7.94. The Morgan fingerprint density at radius 2 is 2.22 bits per heavy atom. The van der Waals surface area contributed by atoms with Crippen molar-refractivity contribution < 1.29 is 19.1 Å². The number of carbonyl (C=O) groups excluding carboxylic acids is 2. The second-order valence-corrected chi connectivity index (χ2v) is 5.59. The Morgan fingerprint density at radius 3 is 2.83 bits per heavy atom. The highest BCUT2D eigenvalue weighted by molar-refractivity contribution is 5.98. The number of methoxy groups -OCH3 is 1. The summed E-state index contributed by atoms with van der Waals surface area (Å²) >= 11 is 0. The Labute approximate surface area is 135 Å². The fraction of sp³-hybridized carbons (Fsp3) is 0.500. The highest BCUT2D eigenvalue weighted by Crippen LogP contribution is 2.26. The zero-order valence-electron chi connectivity index (χ0n) is 13.7. The zero-order chi connectivity index (χ0) is 16.8. The van der Waals surface area contributed by atoms with Gasteiger partial charge in [-0.3, -0.25) is 9.59 Å². The summed E-state index contributed by atoms with van der Waals surface area (Å²) in [7, 11) is 4.88. The molecule has 1 fully saturated rings. The monoisotopic (exact) mass is 321 g/mol. The van der Waals surface area contributed by atoms with Crippen LogP contribution < -0.4 is 15.4 Å². The van der Waals surface area contributed by atoms with Gasteiger partial charge in [0.1, 0.15) is 5.75 Å². The third-order valence-corrected chi connectivity index (χ3v) is 3.56. The van der Waals surface area contributed by atoms with E-state index in [0.717, 1.165) is 6.54 Å². The number of ether oxygens (including phenoxy) is 2. The van der Waals surface area contributed by atoms with Gasteiger partial charge in [0.25, 0.3) is 5.91 Å². The van der Waals surface area contributed by atoms with Crippen LogP contribution in [0.15, 0.2) is 18.2 Å². The van der Waals surface area contributed by atoms with Crippen molar-refractivity contribution in [2.45, 2.75) is 12.5 Å². The van der Waals surface area contributed by atoms with Crippen LogP contribution in [0.2, 0.25) is 0 Å². The first-order valence-corrected chi connectivity index (χ1v) is 7.52. The van der Waals surface area contributed by atoms with Gasteiger partial charge in [-0.15, -0.1) is 0 Å². The lowest BCUT2D eigenvalue weighted by Gasteiger charge is -2.23. The Balaban J connectivity index is 2.08. The third-order valence-electron chi connectivity index (χ3n) is 3.56. The molecule has 7 nitrogen and oxygen atoms in total. The largest absolute Gasteiger partial charge is 0.495 e. The molecular formula is C16H23N3O4. The summed E-state index contributed by atoms with van der Waals surface area (Å²) in [5, 5.41) is 6.04. The molecule has 2 N–H and O–H groups in total. The maximum absolute atomic E-state index is 12.2. The van der Waals surface area contributed by atoms with E-state index in [1.54, 1.807) is 32.3 Å². The predicted octanol–water partition coefficient (Wildman–Crippen LogP) is 0.714. The Hall–Kier alpha value is -2.12. The summed E-state index contributed by atoms with van der Waals surface area (Å²) in [6.07, 6.45) is 0.301. The van der Waals surface area contributed by atoms with Crippen LogP contribution in [-0.2, 0) is 9.53 Å². The fourth-order valence-electron chi connectivity index (χ4n) is 2.37. The molecule has 1 saturated heterocycles. The molecule has 7 heteroatoms. The van der Waals surface area contributed by atoms with Crippen LogP contribution >= 0.6 is 0 Å². The van der Waals surface area contributed by atoms with Gasteiger partial charge in [-0.1, -0.05) is 0 Å². The number of morpholine rings is 1. The molecule has 0 saturated carbocycles. The van der Waals surface area contributed by atoms with Gasteiger partial charge in [0, 0.05) is 38.7 Å². The molecule has 0 aromatic heterocycles. The average Bonchev–Trinajstić information content (AvgIpc) is 2.54. The van der Waals surface area contributed by atoms with Crippen molar-refractivity contribution in [3.8, 4) is 5.75 Å². The molecule has 0 radical (unpaired) electrons. The summed E-state index contributed by atoms with van der Waals surface area (Å²) < 4.78 is 10.6. The number of rotatable bonds is 5. The van der Waals surface area contributed by atoms with E-state index in [9.17, 15) is 9.59 Å². The van der Waals surface area contributed by atoms with Crippen molar-refractivity contribution in [2.75, 3.05) is 46.3 Å². The van der Waals surface area contributed by atoms with Crippen molar-refractivity contribution in [1.82, 2.24) is 10.2 Å². The quantitative estimate of drug-likeness (QED) is 0.835. The van der Waals surface area contributed by atoms with Gasteiger partial charge in [0.15, 0.2) is 0 Å². The number of benzene rings is 1. The van der Waals surface area contributed by atoms with Gasteiger partial charge < -0.3 is 25.0 Å². The van der Waals surface area contributed by atoms with Crippen LogP contribution in [0.1, 0.15) is 16.8 Å². The maximum Gasteiger partial charge on any atom is 0.253 e. The van der Waals surface area contributed by atoms with Crippen LogP contribution in [0, 0.1) is 0 Å². The Morgan fingerprint density at radius 1 is 1.43 bits per heavy atom. The minimum Gasteiger partial charge on any atom is -0.495 e. The van der Waals surface area contributed by atoms with Crippen LogP contribution in [0.25, 0.3) is 0 Å². The van der Waals surface area contributed by atoms with E-state index in [-0.39, 0.29) is 17.9 Å². The molecule has 0 aliphatic carbocycles. The first-order valence-electron chi connectivity index (χ1n) is 7.52. The van der Waals surface area contributed by atoms with Gasteiger partial charge in [-0.05, 0) is 18.2 Å². The molecule has 1 heterocycles. The SMILES string of the molecule is COc1ccc(C(=O)N(C)C)cc1NC(=O)CC1COCCN1. The van der Waals surface area contributed by atoms with Crippen molar-refractivity contribution in [1.29, 1.82) is 0 Å². The van der Waals surface area contributed by atoms with E-state index in [1.807, 2.05) is 0 Å². The van der Waals surface area contributed by atoms with Crippen LogP contribution in [0.3, 0.4) is 0 Å². The molecule has 1 unspecified atom stereocenters. The lowest BCUT2D eigenvalue weighted by atomic mass is 10.1. The van der Waals surface area contributed by atoms with E-state index in [4.69, 9.17) is 9.47 Å². The summed E-state index contributed by atoms with van der Waals surface area (Å²) in [5.41, 5.74) is 0.979. The molecule has 2 rings (SSSR count). The topological polar surface area (TPSA) is 79.9 Å². The standard InChI is InChI=1S/C16H23N3O4/c1-19(2)16(21)11-4-5-14(22-3)13(8-11)18-15(20)9-12-10-23-7-6-17-12/h4-5,8,12,17H,6-7,9-10H2,1-3H3,(H,18,20). The molecule has 1 aliphatic heterocycles. The normalized spacial score (nSPS) is 17.4. The highest BCUT2D eigenvalue weighted by Gasteiger charge is 2.19. The molecule has 0 spiro atoms. The molecular weight excluding hydrogens is 298 g/mol. The average molecular weight is 321 g/mol. The molecule has 1 aromatic rings. The van der Waals surface area contributed by atoms with E-state index >= 15 is 0 Å². The van der Waals surface area contributed by atoms with Gasteiger partial charge in [0.05, 0.1) is 26.0 Å². The summed E-state index contributed by atoms with van der Waals surface area (Å²) in [6.45, 7) is 1.93. The summed E-state index contributed by atoms with van der Waals surface area (Å²) in [6, 6.07) is 4.98. The van der Waals surface area contributed by atoms with Crippen molar-refractivity contribution >= 4 is 17.5 Å². The molecule has 0 bridgehead atoms. The van der Waals surface area contributed by atoms with E-state index in [0.29, 0.717) is 36.6 Å². The van der Waals surface area contributed by atoms with Crippen molar-refractivity contribution in [2.24, 2.45) is 0 Å². The van der Waals surface area contributed by atoms with Crippen molar-refractivity contribution in [3.63, 3.8) is 0 Å². The Bertz CT molecular complexity index is 568. The van der Waals surface area contributed by atoms with Gasteiger partial charge in [-0.2, -0.15) is 0 Å². The first kappa shape index (κ1) is 17.2. The lowest BCUT2D eigenvalue weighted by molar-refractivity contribution is -0.117. The number of anilines is 1. The minimum absolute atomic E-state index is 0.00124. The molecule has 1 atom stereocenters. The van der Waals surface area contributed by atoms with Crippen molar-refractivity contribution in [3.05, 3.63) is 23.8 Å². The Kier molecular flexibility index (Phi) is 5.95. The van der Waals surface area contributed by atoms with Gasteiger partial charge >= 0.3 is 0 Å². The highest BCUT2D eigenvalue weighted by atomic mass is 16.5. The number of hydrogen-bond donors (Lipinski definition) is 2. The number of nitrogens with one attached hydrogen (secondary N) is 2. The second-order valence-electron chi connectivity index (χ2n) is 5.59. The number of nitrogens with zero attached hydrogens (tertiary/aromatic N) is 1. The lowest BCUT2D eigenvalue weighted by Crippen LogP contribution is -2.43. The van der Waals surface area contributed by atoms with E-state index < -0.39 is 0 Å². The fourth-order valence-corrected chi connectivity index (χ4v) is 2.37. The smallest absolute Gasteiger partial charge is 0.253 e. The van der Waals surface area contributed by atoms with E-state index in [2.05, 4.69) is 10.6 Å². The van der Waals surface area contributed by atoms with Gasteiger partial charge in [-0.25, -0.2) is 0 Å². The summed E-state index contributed by atoms with van der Waals surface area (Å²) in [5.74, 6) is 0.229. The number of amides is 2. The van der Waals surface area contributed by atoms with Gasteiger partial charge in [0.2, 0.25) is 5.91 Å². The minimum atomic E-state index is -0.152. The third kappa shape index (κ3) is 4.67. The number of carbonyl (C=O) groups is 2. The predicted molar refractivity (Wildman–Crippen MR) is 86.9 cm³/mol. The van der Waals surface area contributed by atoms with Crippen LogP contribution in [-0.4, -0.2) is 63.7 Å². The van der Waals surface area contributed by atoms with E-state index in [1.165, 1.54) is 12.0 Å². The molecule has 23 heavy (non-hydrogen) atoms. The van der Waals surface area contributed by atoms with Crippen LogP contribution in [0.4, 0.5) is 5.69 Å². The molecule has 2 amide bonds. The van der Waals surface area contributed by atoms with Crippen LogP contribution in [0.5, 0.6) is 5.75 Å². The maximum atomic E-state index is 12.2. The molecule has 1 aliphatic rings. The zero-order valence-corrected chi connectivity index (χ0v) is 13.7. The molecule has 1 aromatic carbocycles. The molecule has 126 valence electrons. The number of hydrogen-bond acceptors (Lipinski definition) is 5. The first-order chi connectivity index (χ1) is 11.0.